The van der Waals surface area contributed by atoms with Gasteiger partial charge in [-0.15, -0.1) is 0 Å². The summed E-state index contributed by atoms with van der Waals surface area (Å²) in [5.74, 6) is 3.51. The lowest BCUT2D eigenvalue weighted by atomic mass is 9.80. The summed E-state index contributed by atoms with van der Waals surface area (Å²) < 4.78 is 5.67. The second-order valence-corrected chi connectivity index (χ2v) is 4.41. The smallest absolute Gasteiger partial charge is 0.107 e. The summed E-state index contributed by atoms with van der Waals surface area (Å²) in [6, 6.07) is 4.18. The fourth-order valence-corrected chi connectivity index (χ4v) is 2.44. The third-order valence-corrected chi connectivity index (χ3v) is 3.28. The lowest BCUT2D eigenvalue weighted by Crippen LogP contribution is -2.21. The second kappa shape index (κ2) is 4.18. The molecule has 0 bridgehead atoms. The Morgan fingerprint density at radius 2 is 2.29 bits per heavy atom. The second-order valence-electron chi connectivity index (χ2n) is 4.41. The molecule has 0 aliphatic heterocycles. The highest BCUT2D eigenvalue weighted by Crippen LogP contribution is 2.36. The number of hydrogen-bond donors (Lipinski definition) is 1. The predicted octanol–water partition coefficient (Wildman–Crippen LogP) is 2.82. The topological polar surface area (TPSA) is 39.2 Å². The summed E-state index contributed by atoms with van der Waals surface area (Å²) in [5.41, 5.74) is 5.72. The third-order valence-electron chi connectivity index (χ3n) is 3.28. The maximum atomic E-state index is 5.72. The molecule has 1 aliphatic carbocycles. The minimum Gasteiger partial charge on any atom is -0.466 e. The van der Waals surface area contributed by atoms with E-state index < -0.39 is 0 Å². The third kappa shape index (κ3) is 2.01. The lowest BCUT2D eigenvalue weighted by Gasteiger charge is -2.26. The van der Waals surface area contributed by atoms with Crippen LogP contribution in [0.2, 0.25) is 0 Å². The molecule has 2 rings (SSSR count). The van der Waals surface area contributed by atoms with Gasteiger partial charge in [-0.2, -0.15) is 0 Å². The molecule has 2 atom stereocenters. The van der Waals surface area contributed by atoms with Crippen molar-refractivity contribution < 1.29 is 4.42 Å². The van der Waals surface area contributed by atoms with Crippen molar-refractivity contribution in [2.24, 2.45) is 11.7 Å². The molecule has 1 aliphatic rings. The average molecular weight is 193 g/mol. The Hall–Kier alpha value is -0.760. The number of furan rings is 1. The SMILES string of the molecule is Cc1ccc([C@@H]2CCC[C@H](CN)C2)o1. The van der Waals surface area contributed by atoms with Crippen LogP contribution in [-0.2, 0) is 0 Å². The molecule has 2 nitrogen and oxygen atoms in total. The van der Waals surface area contributed by atoms with E-state index in [9.17, 15) is 0 Å². The van der Waals surface area contributed by atoms with Gasteiger partial charge >= 0.3 is 0 Å². The molecule has 1 aromatic rings. The number of rotatable bonds is 2. The molecule has 1 aromatic heterocycles. The van der Waals surface area contributed by atoms with Crippen LogP contribution >= 0.6 is 0 Å². The highest BCUT2D eigenvalue weighted by Gasteiger charge is 2.24. The Labute approximate surface area is 85.5 Å². The average Bonchev–Trinajstić information content (AvgIpc) is 2.65. The molecule has 2 N–H and O–H groups in total. The highest BCUT2D eigenvalue weighted by atomic mass is 16.3. The van der Waals surface area contributed by atoms with Gasteiger partial charge in [-0.25, -0.2) is 0 Å². The van der Waals surface area contributed by atoms with Crippen molar-refractivity contribution in [1.29, 1.82) is 0 Å². The molecule has 1 saturated carbocycles. The largest absolute Gasteiger partial charge is 0.466 e. The van der Waals surface area contributed by atoms with Gasteiger partial charge < -0.3 is 10.2 Å². The standard InChI is InChI=1S/C12H19NO/c1-9-5-6-12(14-9)11-4-2-3-10(7-11)8-13/h5-6,10-11H,2-4,7-8,13H2,1H3/t10-,11+/m0/s1. The highest BCUT2D eigenvalue weighted by molar-refractivity contribution is 5.11. The van der Waals surface area contributed by atoms with Crippen LogP contribution in [0.25, 0.3) is 0 Å². The molecule has 1 fully saturated rings. The van der Waals surface area contributed by atoms with E-state index in [1.807, 2.05) is 6.92 Å². The maximum absolute atomic E-state index is 5.72. The van der Waals surface area contributed by atoms with Crippen LogP contribution in [0.4, 0.5) is 0 Å². The predicted molar refractivity (Wildman–Crippen MR) is 57.2 cm³/mol. The van der Waals surface area contributed by atoms with Gasteiger partial charge in [0.05, 0.1) is 0 Å². The van der Waals surface area contributed by atoms with Crippen LogP contribution in [0.3, 0.4) is 0 Å². The minimum atomic E-state index is 0.617. The molecule has 0 aromatic carbocycles. The summed E-state index contributed by atoms with van der Waals surface area (Å²) in [5, 5.41) is 0. The zero-order valence-electron chi connectivity index (χ0n) is 8.83. The first-order valence-corrected chi connectivity index (χ1v) is 5.56. The van der Waals surface area contributed by atoms with Gasteiger partial charge in [0.15, 0.2) is 0 Å². The number of hydrogen-bond acceptors (Lipinski definition) is 2. The van der Waals surface area contributed by atoms with E-state index in [0.717, 1.165) is 12.3 Å². The first-order chi connectivity index (χ1) is 6.79. The van der Waals surface area contributed by atoms with Crippen molar-refractivity contribution in [3.63, 3.8) is 0 Å². The molecule has 0 amide bonds. The van der Waals surface area contributed by atoms with E-state index in [1.54, 1.807) is 0 Å². The van der Waals surface area contributed by atoms with Gasteiger partial charge in [0.1, 0.15) is 11.5 Å². The molecule has 0 spiro atoms. The van der Waals surface area contributed by atoms with Gasteiger partial charge in [0, 0.05) is 5.92 Å². The zero-order valence-corrected chi connectivity index (χ0v) is 8.83. The Bertz CT molecular complexity index is 292. The molecule has 0 radical (unpaired) electrons. The van der Waals surface area contributed by atoms with E-state index in [1.165, 1.54) is 31.4 Å². The quantitative estimate of drug-likeness (QED) is 0.784. The van der Waals surface area contributed by atoms with Gasteiger partial charge in [0.2, 0.25) is 0 Å². The first kappa shape index (κ1) is 9.78. The van der Waals surface area contributed by atoms with Crippen molar-refractivity contribution in [3.8, 4) is 0 Å². The summed E-state index contributed by atoms with van der Waals surface area (Å²) in [6.45, 7) is 2.84. The molecular formula is C12H19NO. The Kier molecular flexibility index (Phi) is 2.92. The van der Waals surface area contributed by atoms with Crippen LogP contribution in [0.1, 0.15) is 43.1 Å². The fraction of sp³-hybridized carbons (Fsp3) is 0.667. The van der Waals surface area contributed by atoms with E-state index in [4.69, 9.17) is 10.2 Å². The molecular weight excluding hydrogens is 174 g/mol. The van der Waals surface area contributed by atoms with Gasteiger partial charge in [-0.1, -0.05) is 6.42 Å². The molecule has 0 unspecified atom stereocenters. The molecule has 14 heavy (non-hydrogen) atoms. The normalized spacial score (nSPS) is 27.9. The van der Waals surface area contributed by atoms with Crippen LogP contribution in [0.5, 0.6) is 0 Å². The maximum Gasteiger partial charge on any atom is 0.107 e. The monoisotopic (exact) mass is 193 g/mol. The number of nitrogens with two attached hydrogens (primary N) is 1. The molecule has 78 valence electrons. The van der Waals surface area contributed by atoms with Crippen molar-refractivity contribution in [1.82, 2.24) is 0 Å². The zero-order chi connectivity index (χ0) is 9.97. The summed E-state index contributed by atoms with van der Waals surface area (Å²) in [4.78, 5) is 0. The van der Waals surface area contributed by atoms with Crippen molar-refractivity contribution in [3.05, 3.63) is 23.7 Å². The van der Waals surface area contributed by atoms with Crippen molar-refractivity contribution in [2.75, 3.05) is 6.54 Å². The summed E-state index contributed by atoms with van der Waals surface area (Å²) in [7, 11) is 0. The lowest BCUT2D eigenvalue weighted by molar-refractivity contribution is 0.295. The van der Waals surface area contributed by atoms with E-state index >= 15 is 0 Å². The summed E-state index contributed by atoms with van der Waals surface area (Å²) >= 11 is 0. The van der Waals surface area contributed by atoms with Crippen molar-refractivity contribution in [2.45, 2.75) is 38.5 Å². The van der Waals surface area contributed by atoms with Crippen molar-refractivity contribution >= 4 is 0 Å². The van der Waals surface area contributed by atoms with E-state index in [-0.39, 0.29) is 0 Å². The van der Waals surface area contributed by atoms with Gasteiger partial charge in [-0.3, -0.25) is 0 Å². The number of aryl methyl sites for hydroxylation is 1. The molecule has 0 saturated heterocycles. The molecule has 1 heterocycles. The van der Waals surface area contributed by atoms with Crippen LogP contribution in [-0.4, -0.2) is 6.54 Å². The van der Waals surface area contributed by atoms with Gasteiger partial charge in [0.25, 0.3) is 0 Å². The first-order valence-electron chi connectivity index (χ1n) is 5.56. The Morgan fingerprint density at radius 3 is 2.93 bits per heavy atom. The Morgan fingerprint density at radius 1 is 1.43 bits per heavy atom. The molecule has 2 heteroatoms. The van der Waals surface area contributed by atoms with Crippen LogP contribution < -0.4 is 5.73 Å². The van der Waals surface area contributed by atoms with E-state index in [2.05, 4.69) is 12.1 Å². The van der Waals surface area contributed by atoms with Crippen LogP contribution in [0, 0.1) is 12.8 Å². The summed E-state index contributed by atoms with van der Waals surface area (Å²) in [6.07, 6.45) is 5.08. The van der Waals surface area contributed by atoms with E-state index in [0.29, 0.717) is 11.8 Å². The minimum absolute atomic E-state index is 0.617. The fourth-order valence-electron chi connectivity index (χ4n) is 2.44. The Balaban J connectivity index is 2.04. The van der Waals surface area contributed by atoms with Gasteiger partial charge in [-0.05, 0) is 50.8 Å². The van der Waals surface area contributed by atoms with Crippen LogP contribution in [0.15, 0.2) is 16.5 Å².